The van der Waals surface area contributed by atoms with Crippen LogP contribution in [-0.2, 0) is 4.74 Å². The second-order valence-corrected chi connectivity index (χ2v) is 4.91. The smallest absolute Gasteiger partial charge is 0.252 e. The second kappa shape index (κ2) is 7.21. The van der Waals surface area contributed by atoms with Crippen LogP contribution in [0.3, 0.4) is 0 Å². The van der Waals surface area contributed by atoms with E-state index in [1.807, 2.05) is 6.92 Å². The molecule has 21 heavy (non-hydrogen) atoms. The third-order valence-corrected chi connectivity index (χ3v) is 3.38. The van der Waals surface area contributed by atoms with E-state index in [0.717, 1.165) is 12.8 Å². The van der Waals surface area contributed by atoms with Crippen LogP contribution < -0.4 is 11.1 Å². The minimum atomic E-state index is -0.423. The topological polar surface area (TPSA) is 64.3 Å². The SMILES string of the molecule is CCOC1CC(NC(=O)c2ccc(F)cc2C#CCN)C1. The summed E-state index contributed by atoms with van der Waals surface area (Å²) >= 11 is 0. The number of hydrogen-bond donors (Lipinski definition) is 2. The molecule has 3 N–H and O–H groups in total. The van der Waals surface area contributed by atoms with Crippen molar-refractivity contribution >= 4 is 5.91 Å². The number of halogens is 1. The molecule has 5 heteroatoms. The van der Waals surface area contributed by atoms with Crippen molar-refractivity contribution in [2.24, 2.45) is 5.73 Å². The van der Waals surface area contributed by atoms with E-state index in [1.54, 1.807) is 0 Å². The minimum absolute atomic E-state index is 0.106. The molecular formula is C16H19FN2O2. The number of amides is 1. The predicted octanol–water partition coefficient (Wildman–Crippen LogP) is 1.43. The number of rotatable bonds is 4. The van der Waals surface area contributed by atoms with Crippen molar-refractivity contribution in [2.45, 2.75) is 31.9 Å². The molecule has 0 saturated heterocycles. The van der Waals surface area contributed by atoms with Gasteiger partial charge in [0.15, 0.2) is 0 Å². The summed E-state index contributed by atoms with van der Waals surface area (Å²) in [6, 6.07) is 4.06. The van der Waals surface area contributed by atoms with Gasteiger partial charge in [-0.15, -0.1) is 0 Å². The van der Waals surface area contributed by atoms with Gasteiger partial charge < -0.3 is 15.8 Å². The van der Waals surface area contributed by atoms with Gasteiger partial charge in [-0.1, -0.05) is 11.8 Å². The van der Waals surface area contributed by atoms with Crippen LogP contribution >= 0.6 is 0 Å². The van der Waals surface area contributed by atoms with Crippen LogP contribution in [0.25, 0.3) is 0 Å². The molecular weight excluding hydrogens is 271 g/mol. The second-order valence-electron chi connectivity index (χ2n) is 4.91. The summed E-state index contributed by atoms with van der Waals surface area (Å²) < 4.78 is 18.7. The van der Waals surface area contributed by atoms with Crippen molar-refractivity contribution in [1.82, 2.24) is 5.32 Å². The van der Waals surface area contributed by atoms with Gasteiger partial charge in [0, 0.05) is 18.2 Å². The first-order valence-electron chi connectivity index (χ1n) is 7.05. The van der Waals surface area contributed by atoms with Crippen molar-refractivity contribution in [3.05, 3.63) is 35.1 Å². The van der Waals surface area contributed by atoms with E-state index in [1.165, 1.54) is 18.2 Å². The highest BCUT2D eigenvalue weighted by molar-refractivity contribution is 5.97. The maximum atomic E-state index is 13.3. The molecule has 1 aliphatic rings. The molecule has 0 aromatic heterocycles. The van der Waals surface area contributed by atoms with Gasteiger partial charge in [-0.25, -0.2) is 4.39 Å². The average molecular weight is 290 g/mol. The predicted molar refractivity (Wildman–Crippen MR) is 78.2 cm³/mol. The van der Waals surface area contributed by atoms with Gasteiger partial charge in [0.2, 0.25) is 0 Å². The minimum Gasteiger partial charge on any atom is -0.378 e. The fourth-order valence-electron chi connectivity index (χ4n) is 2.28. The molecule has 1 aromatic rings. The van der Waals surface area contributed by atoms with E-state index in [-0.39, 0.29) is 24.6 Å². The third kappa shape index (κ3) is 4.03. The number of carbonyl (C=O) groups excluding carboxylic acids is 1. The zero-order valence-corrected chi connectivity index (χ0v) is 12.0. The molecule has 1 saturated carbocycles. The van der Waals surface area contributed by atoms with E-state index in [4.69, 9.17) is 10.5 Å². The van der Waals surface area contributed by atoms with Gasteiger partial charge in [-0.3, -0.25) is 4.79 Å². The standard InChI is InChI=1S/C16H19FN2O2/c1-2-21-14-9-13(10-14)19-16(20)15-6-5-12(17)8-11(15)4-3-7-18/h5-6,8,13-14H,2,7,9-10,18H2,1H3,(H,19,20). The number of benzene rings is 1. The first kappa shape index (κ1) is 15.5. The number of ether oxygens (including phenoxy) is 1. The summed E-state index contributed by atoms with van der Waals surface area (Å²) in [6.45, 7) is 2.80. The highest BCUT2D eigenvalue weighted by atomic mass is 19.1. The van der Waals surface area contributed by atoms with E-state index in [0.29, 0.717) is 17.7 Å². The Hall–Kier alpha value is -1.90. The summed E-state index contributed by atoms with van der Waals surface area (Å²) in [5.74, 6) is 4.71. The lowest BCUT2D eigenvalue weighted by Gasteiger charge is -2.35. The Balaban J connectivity index is 2.02. The fourth-order valence-corrected chi connectivity index (χ4v) is 2.28. The molecule has 4 nitrogen and oxygen atoms in total. The monoisotopic (exact) mass is 290 g/mol. The van der Waals surface area contributed by atoms with Crippen LogP contribution in [0.1, 0.15) is 35.7 Å². The first-order valence-corrected chi connectivity index (χ1v) is 7.05. The molecule has 0 aliphatic heterocycles. The zero-order chi connectivity index (χ0) is 15.2. The van der Waals surface area contributed by atoms with Crippen molar-refractivity contribution in [3.63, 3.8) is 0 Å². The summed E-state index contributed by atoms with van der Waals surface area (Å²) in [5.41, 5.74) is 6.05. The molecule has 0 heterocycles. The number of nitrogens with two attached hydrogens (primary N) is 1. The van der Waals surface area contributed by atoms with Gasteiger partial charge in [0.1, 0.15) is 5.82 Å². The highest BCUT2D eigenvalue weighted by Crippen LogP contribution is 2.23. The number of carbonyl (C=O) groups is 1. The molecule has 112 valence electrons. The van der Waals surface area contributed by atoms with Crippen LogP contribution in [0.2, 0.25) is 0 Å². The summed E-state index contributed by atoms with van der Waals surface area (Å²) in [6.07, 6.45) is 1.85. The normalized spacial score (nSPS) is 20.1. The van der Waals surface area contributed by atoms with Crippen LogP contribution in [0.15, 0.2) is 18.2 Å². The van der Waals surface area contributed by atoms with Crippen molar-refractivity contribution in [1.29, 1.82) is 0 Å². The lowest BCUT2D eigenvalue weighted by atomic mass is 9.89. The molecule has 1 fully saturated rings. The fraction of sp³-hybridized carbons (Fsp3) is 0.438. The van der Waals surface area contributed by atoms with Gasteiger partial charge in [0.25, 0.3) is 5.91 Å². The lowest BCUT2D eigenvalue weighted by Crippen LogP contribution is -2.47. The maximum absolute atomic E-state index is 13.3. The molecule has 1 aromatic carbocycles. The third-order valence-electron chi connectivity index (χ3n) is 3.38. The van der Waals surface area contributed by atoms with Crippen LogP contribution in [0.5, 0.6) is 0 Å². The Bertz CT molecular complexity index is 571. The molecule has 1 amide bonds. The van der Waals surface area contributed by atoms with Crippen molar-refractivity contribution in [2.75, 3.05) is 13.2 Å². The molecule has 0 unspecified atom stereocenters. The van der Waals surface area contributed by atoms with Gasteiger partial charge in [0.05, 0.1) is 18.2 Å². The van der Waals surface area contributed by atoms with Gasteiger partial charge in [-0.05, 0) is 38.0 Å². The average Bonchev–Trinajstić information content (AvgIpc) is 2.42. The Morgan fingerprint density at radius 3 is 2.95 bits per heavy atom. The maximum Gasteiger partial charge on any atom is 0.252 e. The highest BCUT2D eigenvalue weighted by Gasteiger charge is 2.31. The largest absolute Gasteiger partial charge is 0.378 e. The van der Waals surface area contributed by atoms with E-state index < -0.39 is 5.82 Å². The van der Waals surface area contributed by atoms with E-state index >= 15 is 0 Å². The van der Waals surface area contributed by atoms with Crippen LogP contribution in [0.4, 0.5) is 4.39 Å². The molecule has 1 aliphatic carbocycles. The Kier molecular flexibility index (Phi) is 5.32. The number of nitrogens with one attached hydrogen (secondary N) is 1. The summed E-state index contributed by atoms with van der Waals surface area (Å²) in [5, 5.41) is 2.92. The molecule has 0 bridgehead atoms. The molecule has 0 atom stereocenters. The quantitative estimate of drug-likeness (QED) is 0.825. The Morgan fingerprint density at radius 1 is 1.52 bits per heavy atom. The van der Waals surface area contributed by atoms with Crippen molar-refractivity contribution < 1.29 is 13.9 Å². The molecule has 0 spiro atoms. The summed E-state index contributed by atoms with van der Waals surface area (Å²) in [7, 11) is 0. The molecule has 0 radical (unpaired) electrons. The van der Waals surface area contributed by atoms with Gasteiger partial charge >= 0.3 is 0 Å². The Morgan fingerprint density at radius 2 is 2.29 bits per heavy atom. The zero-order valence-electron chi connectivity index (χ0n) is 12.0. The molecule has 2 rings (SSSR count). The summed E-state index contributed by atoms with van der Waals surface area (Å²) in [4.78, 5) is 12.2. The Labute approximate surface area is 123 Å². The van der Waals surface area contributed by atoms with Crippen molar-refractivity contribution in [3.8, 4) is 11.8 Å². The van der Waals surface area contributed by atoms with E-state index in [2.05, 4.69) is 17.2 Å². The van der Waals surface area contributed by atoms with Crippen LogP contribution in [-0.4, -0.2) is 31.2 Å². The number of hydrogen-bond acceptors (Lipinski definition) is 3. The van der Waals surface area contributed by atoms with E-state index in [9.17, 15) is 9.18 Å². The lowest BCUT2D eigenvalue weighted by molar-refractivity contribution is -0.00862. The van der Waals surface area contributed by atoms with Crippen LogP contribution in [0, 0.1) is 17.7 Å². The van der Waals surface area contributed by atoms with Gasteiger partial charge in [-0.2, -0.15) is 0 Å². The first-order chi connectivity index (χ1) is 10.1.